The second kappa shape index (κ2) is 4.73. The van der Waals surface area contributed by atoms with E-state index in [1.165, 1.54) is 0 Å². The maximum atomic E-state index is 11.0. The fourth-order valence-corrected chi connectivity index (χ4v) is 1.44. The number of carbonyl (C=O) groups is 1. The van der Waals surface area contributed by atoms with Gasteiger partial charge in [-0.2, -0.15) is 0 Å². The van der Waals surface area contributed by atoms with Crippen LogP contribution in [0, 0.1) is 0 Å². The Morgan fingerprint density at radius 3 is 2.27 bits per heavy atom. The molecule has 0 aliphatic carbocycles. The van der Waals surface area contributed by atoms with Crippen molar-refractivity contribution < 1.29 is 9.90 Å². The molecule has 1 rings (SSSR count). The molecule has 0 aliphatic heterocycles. The molecule has 0 aromatic heterocycles. The van der Waals surface area contributed by atoms with Gasteiger partial charge < -0.3 is 5.11 Å². The molecule has 0 spiro atoms. The zero-order chi connectivity index (χ0) is 11.4. The van der Waals surface area contributed by atoms with E-state index < -0.39 is 5.97 Å². The van der Waals surface area contributed by atoms with Crippen LogP contribution in [0.15, 0.2) is 29.3 Å². The molecule has 0 atom stereocenters. The minimum atomic E-state index is -0.913. The topological polar surface area (TPSA) is 49.7 Å². The number of carboxylic acids is 1. The normalized spacial score (nSPS) is 11.9. The van der Waals surface area contributed by atoms with Crippen molar-refractivity contribution in [3.05, 3.63) is 35.4 Å². The van der Waals surface area contributed by atoms with E-state index in [2.05, 4.69) is 4.99 Å². The van der Waals surface area contributed by atoms with Gasteiger partial charge >= 0.3 is 5.97 Å². The summed E-state index contributed by atoms with van der Waals surface area (Å²) in [5, 5.41) is 8.99. The Balaban J connectivity index is 3.19. The Labute approximate surface area is 89.5 Å². The maximum absolute atomic E-state index is 11.0. The van der Waals surface area contributed by atoms with Gasteiger partial charge in [0, 0.05) is 17.3 Å². The van der Waals surface area contributed by atoms with Gasteiger partial charge in [-0.15, -0.1) is 0 Å². The van der Waals surface area contributed by atoms with Crippen molar-refractivity contribution in [2.45, 2.75) is 26.8 Å². The maximum Gasteiger partial charge on any atom is 0.336 e. The van der Waals surface area contributed by atoms with Crippen LogP contribution < -0.4 is 0 Å². The van der Waals surface area contributed by atoms with Crippen molar-refractivity contribution in [2.24, 2.45) is 4.99 Å². The van der Waals surface area contributed by atoms with E-state index in [1.807, 2.05) is 26.8 Å². The van der Waals surface area contributed by atoms with Crippen molar-refractivity contribution in [1.82, 2.24) is 0 Å². The third-order valence-electron chi connectivity index (χ3n) is 2.00. The van der Waals surface area contributed by atoms with E-state index in [9.17, 15) is 4.79 Å². The zero-order valence-electron chi connectivity index (χ0n) is 9.19. The summed E-state index contributed by atoms with van der Waals surface area (Å²) in [6, 6.07) is 7.09. The number of aromatic carboxylic acids is 1. The van der Waals surface area contributed by atoms with E-state index in [1.54, 1.807) is 18.2 Å². The zero-order valence-corrected chi connectivity index (χ0v) is 9.19. The van der Waals surface area contributed by atoms with Gasteiger partial charge in [-0.3, -0.25) is 4.99 Å². The average Bonchev–Trinajstić information content (AvgIpc) is 2.16. The van der Waals surface area contributed by atoms with Crippen molar-refractivity contribution in [3.8, 4) is 0 Å². The third kappa shape index (κ3) is 2.91. The van der Waals surface area contributed by atoms with Crippen LogP contribution in [-0.2, 0) is 0 Å². The Kier molecular flexibility index (Phi) is 3.61. The van der Waals surface area contributed by atoms with Crippen LogP contribution in [0.1, 0.15) is 36.7 Å². The highest BCUT2D eigenvalue weighted by Gasteiger charge is 2.10. The fraction of sp³-hybridized carbons (Fsp3) is 0.333. The first kappa shape index (κ1) is 11.4. The molecule has 0 amide bonds. The first-order chi connectivity index (χ1) is 7.02. The van der Waals surface area contributed by atoms with Crippen LogP contribution >= 0.6 is 0 Å². The SMILES string of the molecule is C/C(=N\C(C)C)c1ccccc1C(=O)O. The highest BCUT2D eigenvalue weighted by molar-refractivity contribution is 6.07. The number of rotatable bonds is 3. The molecule has 1 N–H and O–H groups in total. The van der Waals surface area contributed by atoms with Gasteiger partial charge in [0.2, 0.25) is 0 Å². The van der Waals surface area contributed by atoms with Crippen molar-refractivity contribution in [1.29, 1.82) is 0 Å². The number of nitrogens with zero attached hydrogens (tertiary/aromatic N) is 1. The summed E-state index contributed by atoms with van der Waals surface area (Å²) in [6.45, 7) is 5.77. The first-order valence-electron chi connectivity index (χ1n) is 4.89. The van der Waals surface area contributed by atoms with Gasteiger partial charge in [-0.25, -0.2) is 4.79 Å². The summed E-state index contributed by atoms with van der Waals surface area (Å²) in [6.07, 6.45) is 0. The van der Waals surface area contributed by atoms with Crippen molar-refractivity contribution >= 4 is 11.7 Å². The molecule has 0 unspecified atom stereocenters. The number of carboxylic acid groups (broad SMARTS) is 1. The molecule has 0 heterocycles. The molecule has 0 bridgehead atoms. The average molecular weight is 205 g/mol. The molecule has 1 aromatic rings. The lowest BCUT2D eigenvalue weighted by Crippen LogP contribution is -2.08. The molecule has 0 saturated carbocycles. The van der Waals surface area contributed by atoms with E-state index in [0.717, 1.165) is 5.71 Å². The number of hydrogen-bond donors (Lipinski definition) is 1. The minimum Gasteiger partial charge on any atom is -0.478 e. The summed E-state index contributed by atoms with van der Waals surface area (Å²) in [4.78, 5) is 15.3. The molecule has 3 heteroatoms. The van der Waals surface area contributed by atoms with Gasteiger partial charge in [0.15, 0.2) is 0 Å². The number of hydrogen-bond acceptors (Lipinski definition) is 2. The standard InChI is InChI=1S/C12H15NO2/c1-8(2)13-9(3)10-6-4-5-7-11(10)12(14)15/h4-8H,1-3H3,(H,14,15)/b13-9+. The van der Waals surface area contributed by atoms with E-state index in [-0.39, 0.29) is 6.04 Å². The van der Waals surface area contributed by atoms with Gasteiger partial charge in [0.05, 0.1) is 5.56 Å². The Morgan fingerprint density at radius 2 is 1.80 bits per heavy atom. The predicted molar refractivity (Wildman–Crippen MR) is 60.7 cm³/mol. The molecule has 1 aromatic carbocycles. The predicted octanol–water partition coefficient (Wildman–Crippen LogP) is 2.60. The number of benzene rings is 1. The quantitative estimate of drug-likeness (QED) is 0.771. The largest absolute Gasteiger partial charge is 0.478 e. The summed E-state index contributed by atoms with van der Waals surface area (Å²) in [5.41, 5.74) is 1.76. The van der Waals surface area contributed by atoms with Crippen LogP contribution in [0.25, 0.3) is 0 Å². The molecule has 0 aliphatic rings. The third-order valence-corrected chi connectivity index (χ3v) is 2.00. The Bertz CT molecular complexity index is 394. The summed E-state index contributed by atoms with van der Waals surface area (Å²) in [5.74, 6) is -0.913. The molecule has 0 radical (unpaired) electrons. The second-order valence-corrected chi connectivity index (χ2v) is 3.66. The highest BCUT2D eigenvalue weighted by atomic mass is 16.4. The second-order valence-electron chi connectivity index (χ2n) is 3.66. The molecule has 0 fully saturated rings. The van der Waals surface area contributed by atoms with Crippen molar-refractivity contribution in [3.63, 3.8) is 0 Å². The smallest absolute Gasteiger partial charge is 0.336 e. The molecule has 3 nitrogen and oxygen atoms in total. The van der Waals surface area contributed by atoms with Gasteiger partial charge in [0.25, 0.3) is 0 Å². The lowest BCUT2D eigenvalue weighted by atomic mass is 10.0. The van der Waals surface area contributed by atoms with Crippen molar-refractivity contribution in [2.75, 3.05) is 0 Å². The van der Waals surface area contributed by atoms with E-state index in [0.29, 0.717) is 11.1 Å². The van der Waals surface area contributed by atoms with Crippen LogP contribution in [0.3, 0.4) is 0 Å². The van der Waals surface area contributed by atoms with Crippen LogP contribution in [0.5, 0.6) is 0 Å². The summed E-state index contributed by atoms with van der Waals surface area (Å²) in [7, 11) is 0. The van der Waals surface area contributed by atoms with E-state index >= 15 is 0 Å². The molecule has 80 valence electrons. The highest BCUT2D eigenvalue weighted by Crippen LogP contribution is 2.10. The lowest BCUT2D eigenvalue weighted by molar-refractivity contribution is 0.0696. The summed E-state index contributed by atoms with van der Waals surface area (Å²) >= 11 is 0. The first-order valence-corrected chi connectivity index (χ1v) is 4.89. The van der Waals surface area contributed by atoms with Gasteiger partial charge in [0.1, 0.15) is 0 Å². The molecular formula is C12H15NO2. The monoisotopic (exact) mass is 205 g/mol. The van der Waals surface area contributed by atoms with Gasteiger partial charge in [-0.05, 0) is 26.8 Å². The Morgan fingerprint density at radius 1 is 1.27 bits per heavy atom. The fourth-order valence-electron chi connectivity index (χ4n) is 1.44. The minimum absolute atomic E-state index is 0.173. The van der Waals surface area contributed by atoms with Crippen LogP contribution in [0.2, 0.25) is 0 Å². The van der Waals surface area contributed by atoms with Crippen LogP contribution in [-0.4, -0.2) is 22.8 Å². The Hall–Kier alpha value is -1.64. The van der Waals surface area contributed by atoms with E-state index in [4.69, 9.17) is 5.11 Å². The molecule has 0 saturated heterocycles. The lowest BCUT2D eigenvalue weighted by Gasteiger charge is -2.06. The molecule has 15 heavy (non-hydrogen) atoms. The molecular weight excluding hydrogens is 190 g/mol. The van der Waals surface area contributed by atoms with Crippen LogP contribution in [0.4, 0.5) is 0 Å². The van der Waals surface area contributed by atoms with Gasteiger partial charge in [-0.1, -0.05) is 18.2 Å². The summed E-state index contributed by atoms with van der Waals surface area (Å²) < 4.78 is 0. The number of aliphatic imine (C=N–C) groups is 1.